The lowest BCUT2D eigenvalue weighted by Crippen LogP contribution is -1.80. The van der Waals surface area contributed by atoms with Gasteiger partial charge in [-0.25, -0.2) is 0 Å². The van der Waals surface area contributed by atoms with E-state index in [-0.39, 0.29) is 11.5 Å². The number of hydrogen-bond donors (Lipinski definition) is 2. The van der Waals surface area contributed by atoms with Crippen molar-refractivity contribution in [1.82, 2.24) is 0 Å². The highest BCUT2D eigenvalue weighted by Gasteiger charge is 2.08. The van der Waals surface area contributed by atoms with Crippen molar-refractivity contribution in [3.63, 3.8) is 0 Å². The summed E-state index contributed by atoms with van der Waals surface area (Å²) in [4.78, 5) is 0. The van der Waals surface area contributed by atoms with Crippen molar-refractivity contribution in [3.05, 3.63) is 60.7 Å². The van der Waals surface area contributed by atoms with Crippen LogP contribution in [0.25, 0.3) is 32.3 Å². The summed E-state index contributed by atoms with van der Waals surface area (Å²) in [6.45, 7) is 0. The third kappa shape index (κ3) is 1.45. The fourth-order valence-electron chi connectivity index (χ4n) is 2.80. The standard InChI is InChI=1S/C18H12O2/c19-17-8-7-13-9-15-12(10-16(13)18(17)20)6-5-11-3-1-2-4-14(11)15/h1-10,19-20H. The predicted octanol–water partition coefficient (Wildman–Crippen LogP) is 4.56. The van der Waals surface area contributed by atoms with E-state index in [0.717, 1.165) is 16.2 Å². The summed E-state index contributed by atoms with van der Waals surface area (Å²) < 4.78 is 0. The zero-order valence-electron chi connectivity index (χ0n) is 10.7. The van der Waals surface area contributed by atoms with E-state index in [1.807, 2.05) is 30.3 Å². The molecule has 0 bridgehead atoms. The molecule has 0 aliphatic heterocycles. The molecule has 0 heterocycles. The second-order valence-corrected chi connectivity index (χ2v) is 5.01. The van der Waals surface area contributed by atoms with Crippen LogP contribution >= 0.6 is 0 Å². The van der Waals surface area contributed by atoms with Gasteiger partial charge in [-0.05, 0) is 45.1 Å². The molecule has 20 heavy (non-hydrogen) atoms. The molecule has 0 aliphatic carbocycles. The number of aromatic hydroxyl groups is 2. The normalized spacial score (nSPS) is 11.4. The van der Waals surface area contributed by atoms with Crippen molar-refractivity contribution in [2.75, 3.05) is 0 Å². The van der Waals surface area contributed by atoms with E-state index < -0.39 is 0 Å². The van der Waals surface area contributed by atoms with E-state index in [9.17, 15) is 10.2 Å². The number of benzene rings is 4. The molecule has 0 saturated carbocycles. The zero-order valence-corrected chi connectivity index (χ0v) is 10.7. The highest BCUT2D eigenvalue weighted by atomic mass is 16.3. The van der Waals surface area contributed by atoms with E-state index >= 15 is 0 Å². The van der Waals surface area contributed by atoms with Crippen LogP contribution in [0.2, 0.25) is 0 Å². The Kier molecular flexibility index (Phi) is 2.15. The maximum atomic E-state index is 9.98. The van der Waals surface area contributed by atoms with E-state index in [4.69, 9.17) is 0 Å². The van der Waals surface area contributed by atoms with Crippen molar-refractivity contribution in [2.45, 2.75) is 0 Å². The molecule has 2 N–H and O–H groups in total. The summed E-state index contributed by atoms with van der Waals surface area (Å²) in [6, 6.07) is 19.7. The maximum Gasteiger partial charge on any atom is 0.165 e. The van der Waals surface area contributed by atoms with Crippen LogP contribution in [0.5, 0.6) is 11.5 Å². The molecule has 0 radical (unpaired) electrons. The average Bonchev–Trinajstić information content (AvgIpc) is 2.50. The summed E-state index contributed by atoms with van der Waals surface area (Å²) in [6.07, 6.45) is 0. The monoisotopic (exact) mass is 260 g/mol. The van der Waals surface area contributed by atoms with Gasteiger partial charge >= 0.3 is 0 Å². The van der Waals surface area contributed by atoms with Crippen molar-refractivity contribution < 1.29 is 10.2 Å². The molecule has 4 rings (SSSR count). The summed E-state index contributed by atoms with van der Waals surface area (Å²) in [5.74, 6) is -0.143. The van der Waals surface area contributed by atoms with Crippen LogP contribution in [-0.4, -0.2) is 10.2 Å². The molecular formula is C18H12O2. The van der Waals surface area contributed by atoms with Crippen molar-refractivity contribution in [3.8, 4) is 11.5 Å². The second-order valence-electron chi connectivity index (χ2n) is 5.01. The van der Waals surface area contributed by atoms with Gasteiger partial charge in [-0.3, -0.25) is 0 Å². The van der Waals surface area contributed by atoms with Gasteiger partial charge in [0.05, 0.1) is 0 Å². The molecule has 0 atom stereocenters. The molecule has 0 aliphatic rings. The average molecular weight is 260 g/mol. The number of phenols is 2. The number of hydrogen-bond acceptors (Lipinski definition) is 2. The first-order chi connectivity index (χ1) is 9.74. The van der Waals surface area contributed by atoms with Crippen LogP contribution in [0.15, 0.2) is 60.7 Å². The van der Waals surface area contributed by atoms with E-state index in [1.54, 1.807) is 0 Å². The Morgan fingerprint density at radius 1 is 0.550 bits per heavy atom. The largest absolute Gasteiger partial charge is 0.504 e. The minimum Gasteiger partial charge on any atom is -0.504 e. The fourth-order valence-corrected chi connectivity index (χ4v) is 2.80. The molecule has 0 spiro atoms. The molecule has 0 aromatic heterocycles. The summed E-state index contributed by atoms with van der Waals surface area (Å²) in [5.41, 5.74) is 0. The summed E-state index contributed by atoms with van der Waals surface area (Å²) in [7, 11) is 0. The zero-order chi connectivity index (χ0) is 13.7. The van der Waals surface area contributed by atoms with Crippen molar-refractivity contribution >= 4 is 32.3 Å². The highest BCUT2D eigenvalue weighted by molar-refractivity contribution is 6.13. The molecule has 2 heteroatoms. The van der Waals surface area contributed by atoms with Gasteiger partial charge in [-0.2, -0.15) is 0 Å². The van der Waals surface area contributed by atoms with Crippen molar-refractivity contribution in [1.29, 1.82) is 0 Å². The highest BCUT2D eigenvalue weighted by Crippen LogP contribution is 2.37. The first-order valence-corrected chi connectivity index (χ1v) is 6.50. The lowest BCUT2D eigenvalue weighted by Gasteiger charge is -2.08. The van der Waals surface area contributed by atoms with Gasteiger partial charge in [0.1, 0.15) is 0 Å². The first-order valence-electron chi connectivity index (χ1n) is 6.50. The smallest absolute Gasteiger partial charge is 0.165 e. The number of phenolic OH excluding ortho intramolecular Hbond substituents is 2. The minimum atomic E-state index is -0.0855. The van der Waals surface area contributed by atoms with Crippen LogP contribution in [-0.2, 0) is 0 Å². The first kappa shape index (κ1) is 11.1. The molecule has 96 valence electrons. The van der Waals surface area contributed by atoms with Gasteiger partial charge in [0.2, 0.25) is 0 Å². The van der Waals surface area contributed by atoms with Crippen molar-refractivity contribution in [2.24, 2.45) is 0 Å². The molecule has 0 fully saturated rings. The molecule has 0 saturated heterocycles. The van der Waals surface area contributed by atoms with Crippen LogP contribution in [0.3, 0.4) is 0 Å². The van der Waals surface area contributed by atoms with Gasteiger partial charge in [-0.15, -0.1) is 0 Å². The van der Waals surface area contributed by atoms with Crippen LogP contribution < -0.4 is 0 Å². The Bertz CT molecular complexity index is 971. The van der Waals surface area contributed by atoms with Gasteiger partial charge in [0.25, 0.3) is 0 Å². The Balaban J connectivity index is 2.23. The van der Waals surface area contributed by atoms with Gasteiger partial charge in [0, 0.05) is 5.39 Å². The SMILES string of the molecule is Oc1ccc2cc3c(ccc4ccccc43)cc2c1O. The molecular weight excluding hydrogens is 248 g/mol. The van der Waals surface area contributed by atoms with Crippen LogP contribution in [0.1, 0.15) is 0 Å². The molecule has 4 aromatic carbocycles. The van der Waals surface area contributed by atoms with Gasteiger partial charge in [0.15, 0.2) is 11.5 Å². The lowest BCUT2D eigenvalue weighted by atomic mass is 9.98. The van der Waals surface area contributed by atoms with Crippen LogP contribution in [0, 0.1) is 0 Å². The Labute approximate surface area is 115 Å². The Morgan fingerprint density at radius 3 is 2.10 bits per heavy atom. The molecule has 0 unspecified atom stereocenters. The fraction of sp³-hybridized carbons (Fsp3) is 0. The van der Waals surface area contributed by atoms with Gasteiger partial charge in [-0.1, -0.05) is 42.5 Å². The van der Waals surface area contributed by atoms with E-state index in [0.29, 0.717) is 5.39 Å². The molecule has 0 amide bonds. The predicted molar refractivity (Wildman–Crippen MR) is 82.3 cm³/mol. The number of fused-ring (bicyclic) bond motifs is 4. The molecule has 2 nitrogen and oxygen atoms in total. The van der Waals surface area contributed by atoms with Crippen LogP contribution in [0.4, 0.5) is 0 Å². The third-order valence-electron chi connectivity index (χ3n) is 3.83. The number of rotatable bonds is 0. The van der Waals surface area contributed by atoms with Gasteiger partial charge < -0.3 is 10.2 Å². The minimum absolute atomic E-state index is 0.0578. The maximum absolute atomic E-state index is 9.98. The van der Waals surface area contributed by atoms with E-state index in [1.165, 1.54) is 16.8 Å². The lowest BCUT2D eigenvalue weighted by molar-refractivity contribution is 0.408. The van der Waals surface area contributed by atoms with E-state index in [2.05, 4.69) is 24.3 Å². The summed E-state index contributed by atoms with van der Waals surface area (Å²) >= 11 is 0. The Morgan fingerprint density at radius 2 is 1.20 bits per heavy atom. The molecule has 4 aromatic rings. The Hall–Kier alpha value is -2.74. The second kappa shape index (κ2) is 3.87. The topological polar surface area (TPSA) is 40.5 Å². The third-order valence-corrected chi connectivity index (χ3v) is 3.83. The summed E-state index contributed by atoms with van der Waals surface area (Å²) in [5, 5.41) is 25.8. The quantitative estimate of drug-likeness (QED) is 0.276.